The highest BCUT2D eigenvalue weighted by Gasteiger charge is 2.11. The number of hydrogen-bond donors (Lipinski definition) is 1. The third-order valence-electron chi connectivity index (χ3n) is 2.89. The van der Waals surface area contributed by atoms with E-state index in [1.807, 2.05) is 31.1 Å². The molecule has 5 nitrogen and oxygen atoms in total. The minimum Gasteiger partial charge on any atom is -0.368 e. The summed E-state index contributed by atoms with van der Waals surface area (Å²) in [5.41, 5.74) is 9.09. The lowest BCUT2D eigenvalue weighted by Gasteiger charge is -2.13. The van der Waals surface area contributed by atoms with E-state index in [1.54, 1.807) is 0 Å². The van der Waals surface area contributed by atoms with Crippen LogP contribution in [-0.4, -0.2) is 29.0 Å². The number of hydrogen-bond acceptors (Lipinski definition) is 5. The number of benzene rings is 1. The zero-order valence-corrected chi connectivity index (χ0v) is 11.1. The summed E-state index contributed by atoms with van der Waals surface area (Å²) in [6.45, 7) is 4.12. The Hall–Kier alpha value is -2.17. The van der Waals surface area contributed by atoms with E-state index < -0.39 is 0 Å². The highest BCUT2D eigenvalue weighted by atomic mass is 15.3. The molecule has 0 spiro atoms. The van der Waals surface area contributed by atoms with Gasteiger partial charge in [-0.3, -0.25) is 0 Å². The van der Waals surface area contributed by atoms with Gasteiger partial charge in [-0.1, -0.05) is 18.2 Å². The Morgan fingerprint density at radius 2 is 1.78 bits per heavy atom. The van der Waals surface area contributed by atoms with E-state index in [4.69, 9.17) is 5.73 Å². The zero-order chi connectivity index (χ0) is 13.3. The molecule has 0 aliphatic rings. The third kappa shape index (κ3) is 2.25. The second-order valence-corrected chi connectivity index (χ2v) is 4.46. The van der Waals surface area contributed by atoms with Gasteiger partial charge in [0.25, 0.3) is 0 Å². The predicted octanol–water partition coefficient (Wildman–Crippen LogP) is 1.80. The molecule has 18 heavy (non-hydrogen) atoms. The van der Waals surface area contributed by atoms with Crippen LogP contribution in [0.3, 0.4) is 0 Å². The zero-order valence-electron chi connectivity index (χ0n) is 11.1. The van der Waals surface area contributed by atoms with Crippen LogP contribution in [0.4, 0.5) is 11.9 Å². The van der Waals surface area contributed by atoms with E-state index in [1.165, 1.54) is 5.56 Å². The van der Waals surface area contributed by atoms with Gasteiger partial charge in [0.05, 0.1) is 0 Å². The van der Waals surface area contributed by atoms with Gasteiger partial charge in [-0.05, 0) is 25.0 Å². The van der Waals surface area contributed by atoms with Gasteiger partial charge in [-0.15, -0.1) is 0 Å². The summed E-state index contributed by atoms with van der Waals surface area (Å²) in [6, 6.07) is 6.06. The Kier molecular flexibility index (Phi) is 3.14. The molecule has 0 radical (unpaired) electrons. The maximum absolute atomic E-state index is 5.73. The molecule has 2 aromatic rings. The van der Waals surface area contributed by atoms with Crippen LogP contribution in [0.1, 0.15) is 11.1 Å². The molecular formula is C13H17N5. The van der Waals surface area contributed by atoms with E-state index in [2.05, 4.69) is 34.9 Å². The first-order valence-corrected chi connectivity index (χ1v) is 5.74. The lowest BCUT2D eigenvalue weighted by atomic mass is 10.0. The molecule has 0 aliphatic heterocycles. The average Bonchev–Trinajstić information content (AvgIpc) is 2.31. The fourth-order valence-corrected chi connectivity index (χ4v) is 1.69. The van der Waals surface area contributed by atoms with Crippen molar-refractivity contribution in [3.63, 3.8) is 0 Å². The van der Waals surface area contributed by atoms with Crippen LogP contribution < -0.4 is 10.6 Å². The largest absolute Gasteiger partial charge is 0.368 e. The molecule has 0 aliphatic carbocycles. The van der Waals surface area contributed by atoms with Crippen LogP contribution in [0, 0.1) is 13.8 Å². The second-order valence-electron chi connectivity index (χ2n) is 4.46. The smallest absolute Gasteiger partial charge is 0.230 e. The topological polar surface area (TPSA) is 67.9 Å². The summed E-state index contributed by atoms with van der Waals surface area (Å²) >= 11 is 0. The van der Waals surface area contributed by atoms with Crippen LogP contribution in [0.15, 0.2) is 18.2 Å². The number of aryl methyl sites for hydroxylation is 1. The molecule has 0 fully saturated rings. The molecule has 1 heterocycles. The van der Waals surface area contributed by atoms with Gasteiger partial charge in [0, 0.05) is 19.7 Å². The van der Waals surface area contributed by atoms with Crippen molar-refractivity contribution in [3.05, 3.63) is 29.3 Å². The minimum absolute atomic E-state index is 0.240. The average molecular weight is 243 g/mol. The summed E-state index contributed by atoms with van der Waals surface area (Å²) in [7, 11) is 3.75. The second kappa shape index (κ2) is 4.60. The fraction of sp³-hybridized carbons (Fsp3) is 0.308. The fourth-order valence-electron chi connectivity index (χ4n) is 1.69. The first-order valence-electron chi connectivity index (χ1n) is 5.74. The number of nitrogens with zero attached hydrogens (tertiary/aromatic N) is 4. The van der Waals surface area contributed by atoms with Gasteiger partial charge < -0.3 is 10.6 Å². The lowest BCUT2D eigenvalue weighted by molar-refractivity contribution is 0.969. The minimum atomic E-state index is 0.240. The predicted molar refractivity (Wildman–Crippen MR) is 73.5 cm³/mol. The Morgan fingerprint density at radius 1 is 1.06 bits per heavy atom. The number of anilines is 2. The molecule has 1 aromatic heterocycles. The van der Waals surface area contributed by atoms with Gasteiger partial charge in [0.2, 0.25) is 11.9 Å². The van der Waals surface area contributed by atoms with Crippen molar-refractivity contribution < 1.29 is 0 Å². The first kappa shape index (κ1) is 12.3. The van der Waals surface area contributed by atoms with Crippen molar-refractivity contribution in [1.29, 1.82) is 0 Å². The van der Waals surface area contributed by atoms with Crippen molar-refractivity contribution >= 4 is 11.9 Å². The van der Waals surface area contributed by atoms with Crippen LogP contribution >= 0.6 is 0 Å². The third-order valence-corrected chi connectivity index (χ3v) is 2.89. The van der Waals surface area contributed by atoms with E-state index >= 15 is 0 Å². The molecule has 0 saturated heterocycles. The van der Waals surface area contributed by atoms with Crippen LogP contribution in [0.5, 0.6) is 0 Å². The lowest BCUT2D eigenvalue weighted by Crippen LogP contribution is -2.15. The molecule has 2 N–H and O–H groups in total. The SMILES string of the molecule is Cc1cccc(-c2nc(N)nc(N(C)C)n2)c1C. The molecule has 0 bridgehead atoms. The highest BCUT2D eigenvalue weighted by Crippen LogP contribution is 2.23. The number of rotatable bonds is 2. The summed E-state index contributed by atoms with van der Waals surface area (Å²) in [4.78, 5) is 14.6. The van der Waals surface area contributed by atoms with E-state index in [9.17, 15) is 0 Å². The number of nitrogens with two attached hydrogens (primary N) is 1. The maximum atomic E-state index is 5.73. The van der Waals surface area contributed by atoms with Gasteiger partial charge in [-0.25, -0.2) is 0 Å². The van der Waals surface area contributed by atoms with Gasteiger partial charge in [0.15, 0.2) is 5.82 Å². The molecule has 0 unspecified atom stereocenters. The van der Waals surface area contributed by atoms with Crippen LogP contribution in [-0.2, 0) is 0 Å². The Balaban J connectivity index is 2.60. The summed E-state index contributed by atoms with van der Waals surface area (Å²) in [6.07, 6.45) is 0. The first-order chi connectivity index (χ1) is 8.49. The normalized spacial score (nSPS) is 10.4. The van der Waals surface area contributed by atoms with Crippen LogP contribution in [0.2, 0.25) is 0 Å². The van der Waals surface area contributed by atoms with Crippen molar-refractivity contribution in [2.75, 3.05) is 24.7 Å². The molecule has 0 atom stereocenters. The summed E-state index contributed by atoms with van der Waals surface area (Å²) in [5.74, 6) is 1.43. The number of aromatic nitrogens is 3. The maximum Gasteiger partial charge on any atom is 0.230 e. The molecule has 5 heteroatoms. The molecule has 94 valence electrons. The van der Waals surface area contributed by atoms with Crippen molar-refractivity contribution in [1.82, 2.24) is 15.0 Å². The highest BCUT2D eigenvalue weighted by molar-refractivity contribution is 5.63. The Labute approximate surface area is 107 Å². The van der Waals surface area contributed by atoms with Crippen LogP contribution in [0.25, 0.3) is 11.4 Å². The van der Waals surface area contributed by atoms with Crippen molar-refractivity contribution in [2.45, 2.75) is 13.8 Å². The molecule has 0 amide bonds. The summed E-state index contributed by atoms with van der Waals surface area (Å²) in [5, 5.41) is 0. The van der Waals surface area contributed by atoms with E-state index in [0.717, 1.165) is 11.1 Å². The molecular weight excluding hydrogens is 226 g/mol. The quantitative estimate of drug-likeness (QED) is 0.871. The number of nitrogen functional groups attached to an aromatic ring is 1. The Bertz CT molecular complexity index is 578. The summed E-state index contributed by atoms with van der Waals surface area (Å²) < 4.78 is 0. The Morgan fingerprint density at radius 3 is 2.44 bits per heavy atom. The van der Waals surface area contributed by atoms with E-state index in [0.29, 0.717) is 11.8 Å². The molecule has 0 saturated carbocycles. The van der Waals surface area contributed by atoms with Crippen molar-refractivity contribution in [3.8, 4) is 11.4 Å². The monoisotopic (exact) mass is 243 g/mol. The van der Waals surface area contributed by atoms with Crippen molar-refractivity contribution in [2.24, 2.45) is 0 Å². The van der Waals surface area contributed by atoms with E-state index in [-0.39, 0.29) is 5.95 Å². The van der Waals surface area contributed by atoms with Gasteiger partial charge in [-0.2, -0.15) is 15.0 Å². The standard InChI is InChI=1S/C13H17N5/c1-8-6-5-7-10(9(8)2)11-15-12(14)17-13(16-11)18(3)4/h5-7H,1-4H3,(H2,14,15,16,17). The molecule has 1 aromatic carbocycles. The molecule has 2 rings (SSSR count). The van der Waals surface area contributed by atoms with Gasteiger partial charge >= 0.3 is 0 Å². The van der Waals surface area contributed by atoms with Gasteiger partial charge in [0.1, 0.15) is 0 Å².